The molecule has 32 heavy (non-hydrogen) atoms. The average molecular weight is 481 g/mol. The lowest BCUT2D eigenvalue weighted by Crippen LogP contribution is -2.42. The minimum Gasteiger partial charge on any atom is -0.750 e. The lowest BCUT2D eigenvalue weighted by molar-refractivity contribution is -0.635. The molecule has 1 aromatic rings. The summed E-state index contributed by atoms with van der Waals surface area (Å²) in [6.45, 7) is 12.7. The monoisotopic (exact) mass is 480 g/mol. The van der Waals surface area contributed by atoms with Crippen LogP contribution in [0.4, 0.5) is 0 Å². The van der Waals surface area contributed by atoms with Gasteiger partial charge in [0.15, 0.2) is 6.54 Å². The Morgan fingerprint density at radius 1 is 1.22 bits per heavy atom. The van der Waals surface area contributed by atoms with E-state index in [4.69, 9.17) is 19.0 Å². The van der Waals surface area contributed by atoms with Gasteiger partial charge >= 0.3 is 0 Å². The third-order valence-corrected chi connectivity index (χ3v) is 6.32. The predicted octanol–water partition coefficient (Wildman–Crippen LogP) is 1.28. The van der Waals surface area contributed by atoms with Gasteiger partial charge in [-0.15, -0.1) is 11.3 Å². The SMILES string of the molecule is CCN(CC)CC(O)C[N+](CC)=c1ccc2nc3ccc(C)cc3sc-2c1.O=S([O-])O[O-]. The van der Waals surface area contributed by atoms with Crippen molar-refractivity contribution in [2.75, 3.05) is 32.7 Å². The van der Waals surface area contributed by atoms with Crippen LogP contribution in [0.1, 0.15) is 26.3 Å². The van der Waals surface area contributed by atoms with Gasteiger partial charge in [-0.25, -0.2) is 13.8 Å². The molecular weight excluding hydrogens is 450 g/mol. The predicted molar refractivity (Wildman–Crippen MR) is 125 cm³/mol. The van der Waals surface area contributed by atoms with E-state index in [0.717, 1.165) is 36.2 Å². The lowest BCUT2D eigenvalue weighted by Gasteiger charge is -2.20. The summed E-state index contributed by atoms with van der Waals surface area (Å²) >= 11 is -1.09. The number of rotatable bonds is 8. The highest BCUT2D eigenvalue weighted by atomic mass is 32.2. The number of aromatic nitrogens is 1. The third-order valence-electron chi connectivity index (χ3n) is 5.12. The zero-order valence-electron chi connectivity index (χ0n) is 18.8. The highest BCUT2D eigenvalue weighted by molar-refractivity contribution is 7.73. The molecule has 0 fully saturated rings. The Balaban J connectivity index is 0.000000654. The maximum absolute atomic E-state index is 10.5. The third kappa shape index (κ3) is 7.66. The summed E-state index contributed by atoms with van der Waals surface area (Å²) < 4.78 is 23.5. The number of aliphatic hydroxyl groups excluding tert-OH is 1. The summed E-state index contributed by atoms with van der Waals surface area (Å²) in [5.74, 6) is 0. The molecule has 0 saturated heterocycles. The van der Waals surface area contributed by atoms with E-state index in [-0.39, 0.29) is 6.10 Å². The van der Waals surface area contributed by atoms with Crippen LogP contribution in [0, 0.1) is 6.92 Å². The smallest absolute Gasteiger partial charge is 0.201 e. The highest BCUT2D eigenvalue weighted by Gasteiger charge is 2.16. The number of hydrogen-bond acceptors (Lipinski definition) is 8. The largest absolute Gasteiger partial charge is 0.750 e. The van der Waals surface area contributed by atoms with Crippen LogP contribution in [0.2, 0.25) is 0 Å². The maximum atomic E-state index is 10.5. The molecule has 0 amide bonds. The molecule has 1 aliphatic carbocycles. The van der Waals surface area contributed by atoms with Gasteiger partial charge in [0, 0.05) is 18.7 Å². The number of nitrogens with zero attached hydrogens (tertiary/aromatic N) is 3. The van der Waals surface area contributed by atoms with Gasteiger partial charge in [0.1, 0.15) is 12.6 Å². The normalized spacial score (nSPS) is 14.2. The second-order valence-corrected chi connectivity index (χ2v) is 8.92. The van der Waals surface area contributed by atoms with Crippen molar-refractivity contribution in [3.63, 3.8) is 0 Å². The molecule has 1 N–H and O–H groups in total. The number of fused-ring (bicyclic) bond motifs is 2. The van der Waals surface area contributed by atoms with Crippen LogP contribution < -0.4 is 15.2 Å². The molecule has 0 spiro atoms. The lowest BCUT2D eigenvalue weighted by atomic mass is 10.2. The van der Waals surface area contributed by atoms with Crippen LogP contribution in [0.3, 0.4) is 0 Å². The fourth-order valence-corrected chi connectivity index (χ4v) is 4.52. The highest BCUT2D eigenvalue weighted by Crippen LogP contribution is 2.29. The average Bonchev–Trinajstić information content (AvgIpc) is 2.79. The Morgan fingerprint density at radius 2 is 1.91 bits per heavy atom. The number of hydrogen-bond donors (Lipinski definition) is 1. The number of aryl methyl sites for hydroxylation is 1. The number of aliphatic hydroxyl groups is 1. The topological polar surface area (TPSA) is 112 Å². The summed E-state index contributed by atoms with van der Waals surface area (Å²) in [5.41, 5.74) is 3.33. The van der Waals surface area contributed by atoms with Crippen molar-refractivity contribution in [1.82, 2.24) is 14.5 Å². The standard InChI is InChI=1S/C22H30N3OS.H2O4S/c1-5-24(6-2)14-18(26)15-25(7-3)17-9-11-20-22(13-17)27-21-12-16(4)8-10-19(21)23-20;1-4-5(2)3/h8-13,18,26H,5-7,14-15H2,1-4H3;1H,(H,2,3)/q+1;/p-2. The van der Waals surface area contributed by atoms with Crippen molar-refractivity contribution in [3.05, 3.63) is 47.3 Å². The molecule has 0 saturated carbocycles. The van der Waals surface area contributed by atoms with Crippen molar-refractivity contribution < 1.29 is 23.5 Å². The molecule has 10 heteroatoms. The fraction of sp³-hybridized carbons (Fsp3) is 0.455. The quantitative estimate of drug-likeness (QED) is 0.170. The van der Waals surface area contributed by atoms with Crippen LogP contribution >= 0.6 is 11.3 Å². The van der Waals surface area contributed by atoms with Crippen LogP contribution in [0.25, 0.3) is 20.8 Å². The van der Waals surface area contributed by atoms with Gasteiger partial charge in [0.2, 0.25) is 5.36 Å². The maximum Gasteiger partial charge on any atom is 0.201 e. The van der Waals surface area contributed by atoms with Gasteiger partial charge in [-0.05, 0) is 50.7 Å². The second-order valence-electron chi connectivity index (χ2n) is 7.29. The van der Waals surface area contributed by atoms with Gasteiger partial charge < -0.3 is 24.2 Å². The van der Waals surface area contributed by atoms with Crippen LogP contribution in [0.5, 0.6) is 0 Å². The van der Waals surface area contributed by atoms with E-state index in [1.807, 2.05) is 0 Å². The van der Waals surface area contributed by atoms with E-state index in [1.165, 1.54) is 15.1 Å². The molecule has 1 aliphatic heterocycles. The summed E-state index contributed by atoms with van der Waals surface area (Å²) in [6.07, 6.45) is -0.360. The molecule has 2 aliphatic rings. The van der Waals surface area contributed by atoms with E-state index >= 15 is 0 Å². The first-order valence-corrected chi connectivity index (χ1v) is 12.3. The first kappa shape index (κ1) is 26.5. The second kappa shape index (κ2) is 13.0. The van der Waals surface area contributed by atoms with Crippen LogP contribution in [0.15, 0.2) is 36.4 Å². The Morgan fingerprint density at radius 3 is 2.50 bits per heavy atom. The summed E-state index contributed by atoms with van der Waals surface area (Å²) in [7, 11) is 0. The minimum atomic E-state index is -2.88. The first-order valence-electron chi connectivity index (χ1n) is 10.5. The summed E-state index contributed by atoms with van der Waals surface area (Å²) in [6, 6.07) is 12.8. The van der Waals surface area contributed by atoms with E-state index in [9.17, 15) is 5.11 Å². The minimum absolute atomic E-state index is 0.360. The Kier molecular flexibility index (Phi) is 10.8. The molecule has 0 aromatic heterocycles. The molecule has 8 nitrogen and oxygen atoms in total. The molecule has 1 heterocycles. The summed E-state index contributed by atoms with van der Waals surface area (Å²) in [5, 5.41) is 20.2. The van der Waals surface area contributed by atoms with Crippen molar-refractivity contribution in [2.45, 2.75) is 33.8 Å². The molecule has 0 bridgehead atoms. The molecule has 3 rings (SSSR count). The van der Waals surface area contributed by atoms with Gasteiger partial charge in [0.25, 0.3) is 0 Å². The number of likely N-dealkylation sites (N-methyl/N-ethyl adjacent to an activating group) is 2. The molecule has 176 valence electrons. The molecule has 1 aromatic carbocycles. The van der Waals surface area contributed by atoms with Crippen molar-refractivity contribution >= 4 is 32.9 Å². The Labute approximate surface area is 195 Å². The van der Waals surface area contributed by atoms with Gasteiger partial charge in [0.05, 0.1) is 32.1 Å². The van der Waals surface area contributed by atoms with Crippen LogP contribution in [-0.4, -0.2) is 62.6 Å². The van der Waals surface area contributed by atoms with Crippen molar-refractivity contribution in [2.24, 2.45) is 0 Å². The van der Waals surface area contributed by atoms with Crippen molar-refractivity contribution in [3.8, 4) is 10.6 Å². The summed E-state index contributed by atoms with van der Waals surface area (Å²) in [4.78, 5) is 8.25. The number of benzene rings is 2. The van der Waals surface area contributed by atoms with E-state index < -0.39 is 11.4 Å². The molecule has 0 radical (unpaired) electrons. The molecule has 2 unspecified atom stereocenters. The van der Waals surface area contributed by atoms with Crippen molar-refractivity contribution in [1.29, 1.82) is 0 Å². The molecule has 2 atom stereocenters. The Bertz CT molecular complexity index is 1070. The van der Waals surface area contributed by atoms with Gasteiger partial charge in [-0.1, -0.05) is 19.9 Å². The van der Waals surface area contributed by atoms with Gasteiger partial charge in [-0.3, -0.25) is 0 Å². The van der Waals surface area contributed by atoms with E-state index in [1.54, 1.807) is 11.3 Å². The zero-order chi connectivity index (χ0) is 23.7. The molecular formula is C22H30N3O5S2-. The first-order chi connectivity index (χ1) is 15.3. The van der Waals surface area contributed by atoms with Gasteiger partial charge in [-0.2, -0.15) is 0 Å². The van der Waals surface area contributed by atoms with E-state index in [2.05, 4.69) is 77.9 Å². The van der Waals surface area contributed by atoms with E-state index in [0.29, 0.717) is 13.1 Å². The zero-order valence-corrected chi connectivity index (χ0v) is 20.4. The fourth-order valence-electron chi connectivity index (χ4n) is 3.43. The Hall–Kier alpha value is -1.79. The van der Waals surface area contributed by atoms with Crippen LogP contribution in [-0.2, 0) is 15.7 Å².